The maximum atomic E-state index is 12.4. The van der Waals surface area contributed by atoms with Gasteiger partial charge in [-0.2, -0.15) is 0 Å². The zero-order chi connectivity index (χ0) is 15.0. The van der Waals surface area contributed by atoms with E-state index in [0.717, 1.165) is 24.3 Å². The van der Waals surface area contributed by atoms with E-state index >= 15 is 0 Å². The van der Waals surface area contributed by atoms with Crippen molar-refractivity contribution >= 4 is 23.2 Å². The summed E-state index contributed by atoms with van der Waals surface area (Å²) in [5, 5.41) is 6.04. The maximum Gasteiger partial charge on any atom is 0.229 e. The number of carbonyl (C=O) groups excluding carboxylic acids is 2. The third-order valence-electron chi connectivity index (χ3n) is 4.36. The van der Waals surface area contributed by atoms with Gasteiger partial charge in [0.25, 0.3) is 0 Å². The van der Waals surface area contributed by atoms with Gasteiger partial charge >= 0.3 is 0 Å². The van der Waals surface area contributed by atoms with Crippen LogP contribution in [0.5, 0.6) is 0 Å². The number of nitrogens with zero attached hydrogens (tertiary/aromatic N) is 1. The molecule has 0 aliphatic carbocycles. The molecule has 3 rings (SSSR count). The second-order valence-electron chi connectivity index (χ2n) is 5.77. The minimum Gasteiger partial charge on any atom is -0.398 e. The van der Waals surface area contributed by atoms with Crippen LogP contribution in [0.15, 0.2) is 18.2 Å². The molecule has 6 nitrogen and oxygen atoms in total. The number of nitrogens with two attached hydrogens (primary N) is 1. The van der Waals surface area contributed by atoms with E-state index in [-0.39, 0.29) is 23.8 Å². The molecule has 2 amide bonds. The van der Waals surface area contributed by atoms with Crippen LogP contribution in [-0.4, -0.2) is 42.4 Å². The molecule has 21 heavy (non-hydrogen) atoms. The van der Waals surface area contributed by atoms with Gasteiger partial charge in [-0.3, -0.25) is 9.59 Å². The van der Waals surface area contributed by atoms with Crippen LogP contribution in [-0.2, 0) is 9.59 Å². The highest BCUT2D eigenvalue weighted by Crippen LogP contribution is 2.25. The number of carbonyl (C=O) groups is 2. The van der Waals surface area contributed by atoms with Crippen molar-refractivity contribution in [3.05, 3.63) is 23.8 Å². The second kappa shape index (κ2) is 5.37. The number of hydrogen-bond acceptors (Lipinski definition) is 4. The minimum absolute atomic E-state index is 0.0750. The van der Waals surface area contributed by atoms with E-state index in [4.69, 9.17) is 5.73 Å². The van der Waals surface area contributed by atoms with Gasteiger partial charge in [-0.25, -0.2) is 0 Å². The fraction of sp³-hybridized carbons (Fsp3) is 0.467. The summed E-state index contributed by atoms with van der Waals surface area (Å²) in [5.41, 5.74) is 8.06. The van der Waals surface area contributed by atoms with E-state index in [1.54, 1.807) is 6.07 Å². The molecule has 4 N–H and O–H groups in total. The Balaban J connectivity index is 1.66. The lowest BCUT2D eigenvalue weighted by atomic mass is 10.1. The van der Waals surface area contributed by atoms with Gasteiger partial charge in [0.1, 0.15) is 0 Å². The molecule has 2 saturated heterocycles. The normalized spacial score (nSPS) is 22.2. The van der Waals surface area contributed by atoms with Crippen LogP contribution in [0.4, 0.5) is 11.4 Å². The van der Waals surface area contributed by atoms with Crippen LogP contribution in [0, 0.1) is 12.8 Å². The van der Waals surface area contributed by atoms with Gasteiger partial charge < -0.3 is 21.3 Å². The Hall–Kier alpha value is -2.08. The molecule has 0 radical (unpaired) electrons. The van der Waals surface area contributed by atoms with Gasteiger partial charge in [-0.05, 0) is 24.6 Å². The third kappa shape index (κ3) is 2.58. The van der Waals surface area contributed by atoms with E-state index in [9.17, 15) is 9.59 Å². The monoisotopic (exact) mass is 288 g/mol. The predicted molar refractivity (Wildman–Crippen MR) is 80.7 cm³/mol. The second-order valence-corrected chi connectivity index (χ2v) is 5.77. The van der Waals surface area contributed by atoms with Crippen LogP contribution in [0.25, 0.3) is 0 Å². The standard InChI is InChI=1S/C15H20N4O2/c1-9-12(16)3-2-4-13(9)18-15(21)10-5-14(20)19(8-10)11-6-17-7-11/h2-4,10-11,17H,5-8,16H2,1H3,(H,18,21). The first-order valence-corrected chi connectivity index (χ1v) is 7.22. The van der Waals surface area contributed by atoms with Crippen molar-refractivity contribution < 1.29 is 9.59 Å². The van der Waals surface area contributed by atoms with Crippen molar-refractivity contribution in [2.24, 2.45) is 5.92 Å². The Morgan fingerprint density at radius 3 is 2.86 bits per heavy atom. The molecular weight excluding hydrogens is 268 g/mol. The average Bonchev–Trinajstić information content (AvgIpc) is 2.75. The van der Waals surface area contributed by atoms with Crippen LogP contribution in [0.1, 0.15) is 12.0 Å². The van der Waals surface area contributed by atoms with Crippen molar-refractivity contribution in [2.75, 3.05) is 30.7 Å². The summed E-state index contributed by atoms with van der Waals surface area (Å²) in [6.45, 7) is 4.04. The Morgan fingerprint density at radius 1 is 1.43 bits per heavy atom. The van der Waals surface area contributed by atoms with Crippen LogP contribution in [0.2, 0.25) is 0 Å². The first-order valence-electron chi connectivity index (χ1n) is 7.22. The number of anilines is 2. The van der Waals surface area contributed by atoms with Crippen molar-refractivity contribution in [2.45, 2.75) is 19.4 Å². The highest BCUT2D eigenvalue weighted by molar-refractivity contribution is 5.98. The van der Waals surface area contributed by atoms with Gasteiger partial charge in [-0.1, -0.05) is 6.07 Å². The zero-order valence-corrected chi connectivity index (χ0v) is 12.1. The summed E-state index contributed by atoms with van der Waals surface area (Å²) in [7, 11) is 0. The van der Waals surface area contributed by atoms with Crippen molar-refractivity contribution in [3.63, 3.8) is 0 Å². The lowest BCUT2D eigenvalue weighted by Gasteiger charge is -2.35. The molecule has 0 aromatic heterocycles. The molecule has 1 unspecified atom stereocenters. The van der Waals surface area contributed by atoms with Gasteiger partial charge in [-0.15, -0.1) is 0 Å². The maximum absolute atomic E-state index is 12.4. The molecule has 1 atom stereocenters. The summed E-state index contributed by atoms with van der Waals surface area (Å²) in [6.07, 6.45) is 0.295. The lowest BCUT2D eigenvalue weighted by Crippen LogP contribution is -2.57. The largest absolute Gasteiger partial charge is 0.398 e. The van der Waals surface area contributed by atoms with Crippen molar-refractivity contribution in [3.8, 4) is 0 Å². The fourth-order valence-electron chi connectivity index (χ4n) is 2.78. The highest BCUT2D eigenvalue weighted by Gasteiger charge is 2.39. The molecule has 1 aromatic carbocycles. The van der Waals surface area contributed by atoms with Crippen LogP contribution in [0.3, 0.4) is 0 Å². The van der Waals surface area contributed by atoms with E-state index in [0.29, 0.717) is 18.7 Å². The summed E-state index contributed by atoms with van der Waals surface area (Å²) in [5.74, 6) is -0.309. The van der Waals surface area contributed by atoms with Gasteiger partial charge in [0, 0.05) is 37.4 Å². The van der Waals surface area contributed by atoms with Gasteiger partial charge in [0.15, 0.2) is 0 Å². The summed E-state index contributed by atoms with van der Waals surface area (Å²) in [4.78, 5) is 26.2. The number of nitrogen functional groups attached to an aromatic ring is 1. The Bertz CT molecular complexity index is 583. The first-order chi connectivity index (χ1) is 10.1. The average molecular weight is 288 g/mol. The molecule has 2 aliphatic heterocycles. The van der Waals surface area contributed by atoms with Gasteiger partial charge in [0.2, 0.25) is 11.8 Å². The van der Waals surface area contributed by atoms with Crippen LogP contribution < -0.4 is 16.4 Å². The Labute approximate surface area is 123 Å². The Morgan fingerprint density at radius 2 is 2.19 bits per heavy atom. The molecule has 2 heterocycles. The van der Waals surface area contributed by atoms with Crippen LogP contribution >= 0.6 is 0 Å². The van der Waals surface area contributed by atoms with E-state index in [1.807, 2.05) is 24.0 Å². The molecule has 0 saturated carbocycles. The number of benzene rings is 1. The summed E-state index contributed by atoms with van der Waals surface area (Å²) in [6, 6.07) is 5.69. The zero-order valence-electron chi connectivity index (χ0n) is 12.1. The molecule has 0 bridgehead atoms. The fourth-order valence-corrected chi connectivity index (χ4v) is 2.78. The van der Waals surface area contributed by atoms with E-state index in [1.165, 1.54) is 0 Å². The molecule has 2 fully saturated rings. The summed E-state index contributed by atoms with van der Waals surface area (Å²) < 4.78 is 0. The number of rotatable bonds is 3. The number of hydrogen-bond donors (Lipinski definition) is 3. The lowest BCUT2D eigenvalue weighted by molar-refractivity contribution is -0.130. The molecule has 0 spiro atoms. The van der Waals surface area contributed by atoms with E-state index < -0.39 is 0 Å². The SMILES string of the molecule is Cc1c(N)cccc1NC(=O)C1CC(=O)N(C2CNC2)C1. The van der Waals surface area contributed by atoms with Gasteiger partial charge in [0.05, 0.1) is 12.0 Å². The van der Waals surface area contributed by atoms with E-state index in [2.05, 4.69) is 10.6 Å². The quantitative estimate of drug-likeness (QED) is 0.700. The third-order valence-corrected chi connectivity index (χ3v) is 4.36. The number of likely N-dealkylation sites (tertiary alicyclic amines) is 1. The minimum atomic E-state index is -0.279. The molecule has 112 valence electrons. The predicted octanol–water partition coefficient (Wildman–Crippen LogP) is 0.336. The smallest absolute Gasteiger partial charge is 0.229 e. The molecule has 2 aliphatic rings. The Kier molecular flexibility index (Phi) is 3.55. The molecular formula is C15H20N4O2. The van der Waals surface area contributed by atoms with Crippen molar-refractivity contribution in [1.29, 1.82) is 0 Å². The number of nitrogens with one attached hydrogen (secondary N) is 2. The highest BCUT2D eigenvalue weighted by atomic mass is 16.2. The topological polar surface area (TPSA) is 87.5 Å². The molecule has 6 heteroatoms. The van der Waals surface area contributed by atoms with Crippen molar-refractivity contribution in [1.82, 2.24) is 10.2 Å². The first kappa shape index (κ1) is 13.9. The summed E-state index contributed by atoms with van der Waals surface area (Å²) >= 11 is 0. The number of amides is 2. The molecule has 1 aromatic rings.